The first-order chi connectivity index (χ1) is 9.45. The fourth-order valence-electron chi connectivity index (χ4n) is 2.18. The summed E-state index contributed by atoms with van der Waals surface area (Å²) in [6.45, 7) is 0. The third-order valence-corrected chi connectivity index (χ3v) is 5.49. The van der Waals surface area contributed by atoms with Crippen molar-refractivity contribution in [1.29, 1.82) is 0 Å². The van der Waals surface area contributed by atoms with Gasteiger partial charge in [0.05, 0.1) is 0 Å². The van der Waals surface area contributed by atoms with E-state index in [1.807, 2.05) is 0 Å². The van der Waals surface area contributed by atoms with Crippen LogP contribution in [0.5, 0.6) is 0 Å². The number of hydrogen-bond donors (Lipinski definition) is 0. The van der Waals surface area contributed by atoms with Crippen LogP contribution < -0.4 is 34.8 Å². The predicted molar refractivity (Wildman–Crippen MR) is 86.3 cm³/mol. The third-order valence-electron chi connectivity index (χ3n) is 3.04. The predicted octanol–water partition coefficient (Wildman–Crippen LogP) is 0.561. The standard InChI is InChI=1S/C18H15P.Li.H/c1-4-10-16(11-5-1)19(17-12-6-2-7-13-17)18-14-8-3-9-15-18;;/h1-15H;;/q;+1;-1. The molecule has 3 aromatic carbocycles. The van der Waals surface area contributed by atoms with Gasteiger partial charge in [-0.3, -0.25) is 0 Å². The Morgan fingerprint density at radius 1 is 0.450 bits per heavy atom. The Hall–Kier alpha value is -1.31. The Morgan fingerprint density at radius 3 is 0.950 bits per heavy atom. The maximum Gasteiger partial charge on any atom is 1.00 e. The summed E-state index contributed by atoms with van der Waals surface area (Å²) in [6.07, 6.45) is 0. The second-order valence-electron chi connectivity index (χ2n) is 4.34. The van der Waals surface area contributed by atoms with Gasteiger partial charge in [0.25, 0.3) is 0 Å². The van der Waals surface area contributed by atoms with E-state index in [1.54, 1.807) is 0 Å². The van der Waals surface area contributed by atoms with E-state index in [4.69, 9.17) is 0 Å². The van der Waals surface area contributed by atoms with Crippen LogP contribution in [0.15, 0.2) is 91.0 Å². The van der Waals surface area contributed by atoms with E-state index >= 15 is 0 Å². The van der Waals surface area contributed by atoms with Crippen molar-refractivity contribution in [3.8, 4) is 0 Å². The number of benzene rings is 3. The van der Waals surface area contributed by atoms with Crippen LogP contribution in [0.1, 0.15) is 1.43 Å². The van der Waals surface area contributed by atoms with E-state index in [2.05, 4.69) is 91.0 Å². The van der Waals surface area contributed by atoms with Crippen molar-refractivity contribution >= 4 is 23.8 Å². The molecule has 0 nitrogen and oxygen atoms in total. The molecule has 94 valence electrons. The zero-order valence-corrected chi connectivity index (χ0v) is 12.5. The molecule has 0 saturated carbocycles. The first-order valence-electron chi connectivity index (χ1n) is 6.40. The van der Waals surface area contributed by atoms with Gasteiger partial charge in [-0.25, -0.2) is 0 Å². The largest absolute Gasteiger partial charge is 1.00 e. The summed E-state index contributed by atoms with van der Waals surface area (Å²) in [5.74, 6) is 0. The molecule has 2 heteroatoms. The third kappa shape index (κ3) is 3.41. The van der Waals surface area contributed by atoms with Crippen LogP contribution in [0.3, 0.4) is 0 Å². The molecule has 0 atom stereocenters. The number of hydrogen-bond acceptors (Lipinski definition) is 0. The molecule has 0 saturated heterocycles. The molecule has 0 aromatic heterocycles. The smallest absolute Gasteiger partial charge is 1.00 e. The molecule has 0 amide bonds. The summed E-state index contributed by atoms with van der Waals surface area (Å²) in [5.41, 5.74) is 0. The van der Waals surface area contributed by atoms with E-state index < -0.39 is 7.92 Å². The van der Waals surface area contributed by atoms with Crippen molar-refractivity contribution in [3.63, 3.8) is 0 Å². The van der Waals surface area contributed by atoms with Gasteiger partial charge in [-0.15, -0.1) is 0 Å². The zero-order valence-electron chi connectivity index (χ0n) is 12.6. The summed E-state index contributed by atoms with van der Waals surface area (Å²) >= 11 is 0. The number of rotatable bonds is 3. The molecule has 3 rings (SSSR count). The Kier molecular flexibility index (Phi) is 5.63. The molecule has 0 N–H and O–H groups in total. The average molecular weight is 270 g/mol. The van der Waals surface area contributed by atoms with E-state index in [-0.39, 0.29) is 20.3 Å². The van der Waals surface area contributed by atoms with E-state index in [9.17, 15) is 0 Å². The Bertz CT molecular complexity index is 535. The zero-order chi connectivity index (χ0) is 12.9. The molecule has 0 unspecified atom stereocenters. The minimum absolute atomic E-state index is 0. The van der Waals surface area contributed by atoms with Crippen LogP contribution in [-0.4, -0.2) is 0 Å². The summed E-state index contributed by atoms with van der Waals surface area (Å²) in [4.78, 5) is 0. The molecular formula is C18H16LiP. The van der Waals surface area contributed by atoms with Gasteiger partial charge in [-0.2, -0.15) is 0 Å². The minimum Gasteiger partial charge on any atom is -1.00 e. The van der Waals surface area contributed by atoms with Crippen LogP contribution in [0.25, 0.3) is 0 Å². The summed E-state index contributed by atoms with van der Waals surface area (Å²) in [5, 5.41) is 4.19. The average Bonchev–Trinajstić information content (AvgIpc) is 2.51. The molecule has 0 aliphatic carbocycles. The topological polar surface area (TPSA) is 0 Å². The van der Waals surface area contributed by atoms with Crippen molar-refractivity contribution in [2.24, 2.45) is 0 Å². The molecule has 20 heavy (non-hydrogen) atoms. The Morgan fingerprint density at radius 2 is 0.700 bits per heavy atom. The van der Waals surface area contributed by atoms with Gasteiger partial charge in [0, 0.05) is 0 Å². The van der Waals surface area contributed by atoms with Gasteiger partial charge in [-0.1, -0.05) is 91.0 Å². The fourth-order valence-corrected chi connectivity index (χ4v) is 4.48. The maximum absolute atomic E-state index is 2.23. The summed E-state index contributed by atoms with van der Waals surface area (Å²) in [7, 11) is -0.446. The van der Waals surface area contributed by atoms with Gasteiger partial charge in [0.2, 0.25) is 0 Å². The van der Waals surface area contributed by atoms with Crippen LogP contribution in [0.2, 0.25) is 0 Å². The first-order valence-corrected chi connectivity index (χ1v) is 7.74. The Balaban J connectivity index is 0.00000110. The second-order valence-corrected chi connectivity index (χ2v) is 6.56. The quantitative estimate of drug-likeness (QED) is 0.482. The van der Waals surface area contributed by atoms with E-state index in [0.29, 0.717) is 0 Å². The van der Waals surface area contributed by atoms with Crippen LogP contribution in [-0.2, 0) is 0 Å². The summed E-state index contributed by atoms with van der Waals surface area (Å²) < 4.78 is 0. The van der Waals surface area contributed by atoms with Gasteiger partial charge >= 0.3 is 18.9 Å². The van der Waals surface area contributed by atoms with E-state index in [0.717, 1.165) is 0 Å². The molecule has 3 aromatic rings. The van der Waals surface area contributed by atoms with Gasteiger partial charge in [0.15, 0.2) is 0 Å². The monoisotopic (exact) mass is 270 g/mol. The van der Waals surface area contributed by atoms with Crippen LogP contribution >= 0.6 is 7.92 Å². The SMILES string of the molecule is [H-].[Li+].c1ccc(P(c2ccccc2)c2ccccc2)cc1. The molecule has 0 spiro atoms. The first kappa shape index (κ1) is 15.1. The molecule has 0 heterocycles. The second kappa shape index (κ2) is 7.46. The maximum atomic E-state index is 2.23. The fraction of sp³-hybridized carbons (Fsp3) is 0. The molecule has 0 aliphatic heterocycles. The van der Waals surface area contributed by atoms with Crippen molar-refractivity contribution < 1.29 is 20.3 Å². The minimum atomic E-state index is -0.446. The van der Waals surface area contributed by atoms with Gasteiger partial charge in [0.1, 0.15) is 0 Å². The molecule has 0 radical (unpaired) electrons. The molecule has 0 fully saturated rings. The molecule has 0 bridgehead atoms. The van der Waals surface area contributed by atoms with Gasteiger partial charge < -0.3 is 1.43 Å². The van der Waals surface area contributed by atoms with Crippen molar-refractivity contribution in [2.75, 3.05) is 0 Å². The molecule has 0 aliphatic rings. The normalized spacial score (nSPS) is 10.1. The van der Waals surface area contributed by atoms with Crippen LogP contribution in [0.4, 0.5) is 0 Å². The Labute approximate surface area is 135 Å². The van der Waals surface area contributed by atoms with Crippen molar-refractivity contribution in [1.82, 2.24) is 0 Å². The van der Waals surface area contributed by atoms with E-state index in [1.165, 1.54) is 15.9 Å². The van der Waals surface area contributed by atoms with Crippen molar-refractivity contribution in [2.45, 2.75) is 0 Å². The molecular weight excluding hydrogens is 254 g/mol. The summed E-state index contributed by atoms with van der Waals surface area (Å²) in [6, 6.07) is 32.3. The van der Waals surface area contributed by atoms with Crippen molar-refractivity contribution in [3.05, 3.63) is 91.0 Å². The van der Waals surface area contributed by atoms with Gasteiger partial charge in [-0.05, 0) is 23.8 Å². The van der Waals surface area contributed by atoms with Crippen LogP contribution in [0, 0.1) is 0 Å².